The lowest BCUT2D eigenvalue weighted by Gasteiger charge is -2.36. The number of aryl methyl sites for hydroxylation is 1. The fourth-order valence-corrected chi connectivity index (χ4v) is 12.6. The number of carbonyl (C=O) groups is 12. The van der Waals surface area contributed by atoms with E-state index in [0.717, 1.165) is 0 Å². The van der Waals surface area contributed by atoms with Crippen molar-refractivity contribution in [1.29, 1.82) is 0 Å². The summed E-state index contributed by atoms with van der Waals surface area (Å²) in [7, 11) is 5.71. The second kappa shape index (κ2) is 27.6. The maximum atomic E-state index is 15.2. The predicted molar refractivity (Wildman–Crippen MR) is 330 cm³/mol. The van der Waals surface area contributed by atoms with Gasteiger partial charge in [0.2, 0.25) is 64.5 Å². The summed E-state index contributed by atoms with van der Waals surface area (Å²) < 4.78 is 6.44. The molecule has 28 nitrogen and oxygen atoms in total. The SMILES string of the molecule is Cc1c2oc3c(C)ccc(C(=O)NC4C(=O)NC(C(C)C)C(=O)N5CCCC5C(=O)N(C)CC(=O)N(C)C(C(C)C)C(=O)NC4C)c3nc-2c(C(=O)NC2C(=O)NC(C(C)C)C(=O)N3CCCC3C(=O)N(C)CC(=O)N(C)C(C(C)C)C(=O)NC2C)c(N)c1=O. The molecule has 6 aliphatic rings. The third-order valence-electron chi connectivity index (χ3n) is 17.8. The van der Waals surface area contributed by atoms with E-state index in [4.69, 9.17) is 15.1 Å². The van der Waals surface area contributed by atoms with Crippen molar-refractivity contribution in [2.75, 3.05) is 60.1 Å². The molecule has 0 aromatic heterocycles. The van der Waals surface area contributed by atoms with Crippen LogP contribution in [0, 0.1) is 37.5 Å². The predicted octanol–water partition coefficient (Wildman–Crippen LogP) is -0.128. The first-order valence-electron chi connectivity index (χ1n) is 30.7. The van der Waals surface area contributed by atoms with Gasteiger partial charge in [-0.25, -0.2) is 4.98 Å². The van der Waals surface area contributed by atoms with Gasteiger partial charge in [0.1, 0.15) is 59.5 Å². The summed E-state index contributed by atoms with van der Waals surface area (Å²) in [5.41, 5.74) is 3.85. The molecular formula is C62H88N14O14. The Morgan fingerprint density at radius 3 is 1.42 bits per heavy atom. The highest BCUT2D eigenvalue weighted by molar-refractivity contribution is 6.10. The third kappa shape index (κ3) is 13.7. The first-order chi connectivity index (χ1) is 42.1. The summed E-state index contributed by atoms with van der Waals surface area (Å²) in [5.74, 6) is -11.2. The van der Waals surface area contributed by atoms with Crippen LogP contribution in [0.15, 0.2) is 21.3 Å². The van der Waals surface area contributed by atoms with Crippen molar-refractivity contribution in [2.45, 2.75) is 169 Å². The standard InChI is InChI=1S/C62H88N14O14/c1-27(2)42-61(88)75-23-17-19-36(75)59(86)71(13)25-38(77)73(15)48(29(5)6)57(84)64-33(11)44(55(82)67-42)69-53(80)35-22-21-31(9)51-46(35)66-47-40(41(63)50(79)32(10)52(47)90-51)54(81)70-45-34(12)65-58(85)49(30(7)8)74(16)39(78)26-72(14)60(87)37-20-18-24-76(37)62(89)43(28(3)4)68-56(45)83/h21-22,27-30,33-34,36-37,42-45,48-49H,17-20,23-26,63H2,1-16H3,(H,64,84)(H,65,85)(H,67,82)(H,68,83)(H,69,80)(H,70,81). The van der Waals surface area contributed by atoms with Crippen LogP contribution in [0.2, 0.25) is 0 Å². The molecule has 10 atom stereocenters. The molecule has 0 saturated carbocycles. The summed E-state index contributed by atoms with van der Waals surface area (Å²) in [6.45, 7) is 19.0. The van der Waals surface area contributed by atoms with Crippen LogP contribution in [0.25, 0.3) is 22.6 Å². The molecule has 5 heterocycles. The minimum absolute atomic E-state index is 0.0507. The van der Waals surface area contributed by atoms with E-state index in [0.29, 0.717) is 24.8 Å². The molecule has 4 saturated heterocycles. The van der Waals surface area contributed by atoms with Crippen LogP contribution >= 0.6 is 0 Å². The van der Waals surface area contributed by atoms with E-state index in [1.165, 1.54) is 90.5 Å². The molecule has 8 N–H and O–H groups in total. The van der Waals surface area contributed by atoms with Crippen molar-refractivity contribution in [2.24, 2.45) is 23.7 Å². The molecular weight excluding hydrogens is 1160 g/mol. The van der Waals surface area contributed by atoms with Gasteiger partial charge >= 0.3 is 0 Å². The highest BCUT2D eigenvalue weighted by atomic mass is 16.3. The van der Waals surface area contributed by atoms with Crippen molar-refractivity contribution < 1.29 is 62.0 Å². The minimum Gasteiger partial charge on any atom is -0.452 e. The van der Waals surface area contributed by atoms with Gasteiger partial charge in [-0.15, -0.1) is 0 Å². The number of rotatable bonds is 8. The Labute approximate surface area is 523 Å². The zero-order valence-electron chi connectivity index (χ0n) is 54.3. The van der Waals surface area contributed by atoms with Crippen LogP contribution in [0.3, 0.4) is 0 Å². The highest BCUT2D eigenvalue weighted by Gasteiger charge is 2.46. The van der Waals surface area contributed by atoms with E-state index in [1.807, 2.05) is 0 Å². The van der Waals surface area contributed by atoms with Crippen LogP contribution in [0.1, 0.15) is 127 Å². The summed E-state index contributed by atoms with van der Waals surface area (Å²) in [6, 6.07) is -9.87. The average Bonchev–Trinajstić information content (AvgIpc) is 0.893. The Morgan fingerprint density at radius 1 is 0.589 bits per heavy atom. The van der Waals surface area contributed by atoms with Crippen LogP contribution in [-0.4, -0.2) is 220 Å². The number of nitrogens with zero attached hydrogens (tertiary/aromatic N) is 7. The Kier molecular flexibility index (Phi) is 21.1. The number of carbonyl (C=O) groups excluding carboxylic acids is 12. The zero-order chi connectivity index (χ0) is 67.0. The van der Waals surface area contributed by atoms with E-state index >= 15 is 9.59 Å². The molecule has 0 radical (unpaired) electrons. The van der Waals surface area contributed by atoms with Gasteiger partial charge in [-0.1, -0.05) is 61.5 Å². The maximum Gasteiger partial charge on any atom is 0.256 e. The Morgan fingerprint density at radius 2 is 1.01 bits per heavy atom. The monoisotopic (exact) mass is 1250 g/mol. The number of hydrogen-bond donors (Lipinski definition) is 7. The number of nitrogens with one attached hydrogen (secondary N) is 6. The second-order valence-corrected chi connectivity index (χ2v) is 25.9. The Balaban J connectivity index is 1.32. The third-order valence-corrected chi connectivity index (χ3v) is 17.8. The van der Waals surface area contributed by atoms with Crippen LogP contribution in [-0.2, 0) is 47.9 Å². The van der Waals surface area contributed by atoms with Crippen molar-refractivity contribution >= 4 is 87.7 Å². The second-order valence-electron chi connectivity index (χ2n) is 25.9. The van der Waals surface area contributed by atoms with E-state index in [9.17, 15) is 52.7 Å². The van der Waals surface area contributed by atoms with Crippen LogP contribution in [0.4, 0.5) is 5.69 Å². The lowest BCUT2D eigenvalue weighted by atomic mass is 9.97. The lowest BCUT2D eigenvalue weighted by Crippen LogP contribution is -2.64. The number of anilines is 1. The molecule has 90 heavy (non-hydrogen) atoms. The quantitative estimate of drug-likeness (QED) is 0.114. The van der Waals surface area contributed by atoms with Gasteiger partial charge in [-0.2, -0.15) is 0 Å². The van der Waals surface area contributed by atoms with Crippen molar-refractivity contribution in [3.63, 3.8) is 0 Å². The van der Waals surface area contributed by atoms with E-state index < -0.39 is 185 Å². The van der Waals surface area contributed by atoms with Crippen LogP contribution in [0.5, 0.6) is 0 Å². The fourth-order valence-electron chi connectivity index (χ4n) is 12.6. The molecule has 1 aliphatic carbocycles. The number of nitrogen functional groups attached to an aromatic ring is 1. The van der Waals surface area contributed by atoms with E-state index in [1.54, 1.807) is 62.3 Å². The molecule has 4 fully saturated rings. The molecule has 5 aliphatic heterocycles. The van der Waals surface area contributed by atoms with Gasteiger partial charge in [-0.3, -0.25) is 62.3 Å². The van der Waals surface area contributed by atoms with Crippen LogP contribution < -0.4 is 43.1 Å². The Bertz CT molecular complexity index is 3420. The molecule has 1 aromatic carbocycles. The number of benzene rings is 2. The van der Waals surface area contributed by atoms with Crippen molar-refractivity contribution in [3.8, 4) is 11.5 Å². The molecule has 7 rings (SSSR count). The van der Waals surface area contributed by atoms with Gasteiger partial charge in [0.15, 0.2) is 11.3 Å². The molecule has 1 aromatic rings. The smallest absolute Gasteiger partial charge is 0.256 e. The minimum atomic E-state index is -1.77. The first kappa shape index (κ1) is 68.8. The van der Waals surface area contributed by atoms with Gasteiger partial charge in [0.25, 0.3) is 11.8 Å². The average molecular weight is 1250 g/mol. The molecule has 0 spiro atoms. The van der Waals surface area contributed by atoms with Gasteiger partial charge in [0, 0.05) is 46.8 Å². The maximum absolute atomic E-state index is 15.2. The summed E-state index contributed by atoms with van der Waals surface area (Å²) in [6.07, 6.45) is 1.49. The molecule has 12 amide bonds. The number of aromatic nitrogens is 1. The molecule has 490 valence electrons. The lowest BCUT2D eigenvalue weighted by molar-refractivity contribution is -0.149. The largest absolute Gasteiger partial charge is 0.452 e. The number of amides is 12. The van der Waals surface area contributed by atoms with E-state index in [-0.39, 0.29) is 53.2 Å². The number of nitrogens with two attached hydrogens (primary N) is 1. The van der Waals surface area contributed by atoms with Gasteiger partial charge in [-0.05, 0) is 88.7 Å². The van der Waals surface area contributed by atoms with Crippen molar-refractivity contribution in [1.82, 2.24) is 66.3 Å². The topological polar surface area (TPSA) is 366 Å². The normalized spacial score (nSPS) is 26.2. The number of likely N-dealkylation sites (N-methyl/N-ethyl adjacent to an activating group) is 4. The summed E-state index contributed by atoms with van der Waals surface area (Å²) in [4.78, 5) is 200. The molecule has 28 heteroatoms. The fraction of sp³-hybridized carbons (Fsp3) is 0.613. The molecule has 0 bridgehead atoms. The van der Waals surface area contributed by atoms with Crippen molar-refractivity contribution in [3.05, 3.63) is 44.6 Å². The summed E-state index contributed by atoms with van der Waals surface area (Å²) >= 11 is 0. The first-order valence-corrected chi connectivity index (χ1v) is 30.7. The Hall–Kier alpha value is -8.72. The molecule has 10 unspecified atom stereocenters. The zero-order valence-corrected chi connectivity index (χ0v) is 54.3. The summed E-state index contributed by atoms with van der Waals surface area (Å²) in [5, 5.41) is 16.5. The van der Waals surface area contributed by atoms with Gasteiger partial charge in [0.05, 0.1) is 42.0 Å². The number of fused-ring (bicyclic) bond motifs is 4. The highest BCUT2D eigenvalue weighted by Crippen LogP contribution is 2.35. The van der Waals surface area contributed by atoms with Gasteiger partial charge < -0.3 is 71.5 Å². The number of hydrogen-bond acceptors (Lipinski definition) is 16. The van der Waals surface area contributed by atoms with E-state index in [2.05, 4.69) is 31.9 Å².